The number of rotatable bonds is 2. The molecule has 0 unspecified atom stereocenters. The lowest BCUT2D eigenvalue weighted by molar-refractivity contribution is 0.152. The van der Waals surface area contributed by atoms with Gasteiger partial charge in [-0.1, -0.05) is 0 Å². The van der Waals surface area contributed by atoms with Crippen LogP contribution in [0.3, 0.4) is 0 Å². The molecule has 56 valence electrons. The predicted molar refractivity (Wildman–Crippen MR) is 37.3 cm³/mol. The third-order valence-corrected chi connectivity index (χ3v) is 1.38. The SMILES string of the molecule is C[C@@H](N)[C@@H](O)c1ccoc1. The van der Waals surface area contributed by atoms with Gasteiger partial charge in [-0.3, -0.25) is 0 Å². The van der Waals surface area contributed by atoms with Crippen LogP contribution in [-0.2, 0) is 0 Å². The summed E-state index contributed by atoms with van der Waals surface area (Å²) >= 11 is 0. The molecular formula is C7H11NO2. The molecule has 0 aliphatic rings. The van der Waals surface area contributed by atoms with E-state index in [2.05, 4.69) is 0 Å². The van der Waals surface area contributed by atoms with Crippen molar-refractivity contribution < 1.29 is 9.52 Å². The first-order valence-electron chi connectivity index (χ1n) is 3.17. The van der Waals surface area contributed by atoms with E-state index in [9.17, 15) is 5.11 Å². The van der Waals surface area contributed by atoms with Crippen LogP contribution < -0.4 is 5.73 Å². The van der Waals surface area contributed by atoms with Crippen LogP contribution in [0.2, 0.25) is 0 Å². The van der Waals surface area contributed by atoms with Gasteiger partial charge in [0.05, 0.1) is 18.6 Å². The third kappa shape index (κ3) is 1.37. The molecular weight excluding hydrogens is 130 g/mol. The molecule has 0 spiro atoms. The Balaban J connectivity index is 2.68. The normalized spacial score (nSPS) is 16.7. The minimum absolute atomic E-state index is 0.252. The molecule has 0 amide bonds. The first-order chi connectivity index (χ1) is 4.72. The number of aliphatic hydroxyl groups excluding tert-OH is 1. The van der Waals surface area contributed by atoms with Gasteiger partial charge in [0.2, 0.25) is 0 Å². The van der Waals surface area contributed by atoms with Crippen molar-refractivity contribution in [1.29, 1.82) is 0 Å². The Labute approximate surface area is 59.5 Å². The van der Waals surface area contributed by atoms with E-state index in [1.807, 2.05) is 0 Å². The maximum absolute atomic E-state index is 9.30. The lowest BCUT2D eigenvalue weighted by atomic mass is 10.1. The second-order valence-electron chi connectivity index (χ2n) is 2.36. The van der Waals surface area contributed by atoms with Crippen LogP contribution >= 0.6 is 0 Å². The Morgan fingerprint density at radius 3 is 2.80 bits per heavy atom. The molecule has 10 heavy (non-hydrogen) atoms. The first-order valence-corrected chi connectivity index (χ1v) is 3.17. The number of hydrogen-bond acceptors (Lipinski definition) is 3. The summed E-state index contributed by atoms with van der Waals surface area (Å²) in [5.41, 5.74) is 6.17. The highest BCUT2D eigenvalue weighted by Crippen LogP contribution is 2.14. The quantitative estimate of drug-likeness (QED) is 0.636. The van der Waals surface area contributed by atoms with Gasteiger partial charge >= 0.3 is 0 Å². The van der Waals surface area contributed by atoms with Crippen LogP contribution in [0.5, 0.6) is 0 Å². The van der Waals surface area contributed by atoms with Gasteiger partial charge in [0.1, 0.15) is 0 Å². The van der Waals surface area contributed by atoms with Crippen molar-refractivity contribution in [3.05, 3.63) is 24.2 Å². The molecule has 0 radical (unpaired) electrons. The minimum Gasteiger partial charge on any atom is -0.472 e. The summed E-state index contributed by atoms with van der Waals surface area (Å²) in [5.74, 6) is 0. The van der Waals surface area contributed by atoms with Gasteiger partial charge in [0.25, 0.3) is 0 Å². The molecule has 2 atom stereocenters. The van der Waals surface area contributed by atoms with Crippen molar-refractivity contribution in [2.24, 2.45) is 5.73 Å². The van der Waals surface area contributed by atoms with Gasteiger partial charge < -0.3 is 15.3 Å². The molecule has 0 bridgehead atoms. The average Bonchev–Trinajstić information content (AvgIpc) is 2.36. The third-order valence-electron chi connectivity index (χ3n) is 1.38. The number of hydrogen-bond donors (Lipinski definition) is 2. The van der Waals surface area contributed by atoms with Gasteiger partial charge in [-0.2, -0.15) is 0 Å². The van der Waals surface area contributed by atoms with Crippen LogP contribution in [0.15, 0.2) is 23.0 Å². The van der Waals surface area contributed by atoms with E-state index in [1.165, 1.54) is 12.5 Å². The molecule has 1 aromatic rings. The van der Waals surface area contributed by atoms with E-state index in [4.69, 9.17) is 10.2 Å². The Kier molecular flexibility index (Phi) is 2.09. The summed E-state index contributed by atoms with van der Waals surface area (Å²) in [5, 5.41) is 9.30. The Morgan fingerprint density at radius 1 is 1.70 bits per heavy atom. The largest absolute Gasteiger partial charge is 0.472 e. The monoisotopic (exact) mass is 141 g/mol. The second kappa shape index (κ2) is 2.86. The van der Waals surface area contributed by atoms with Crippen molar-refractivity contribution in [1.82, 2.24) is 0 Å². The smallest absolute Gasteiger partial charge is 0.0969 e. The van der Waals surface area contributed by atoms with Gasteiger partial charge in [-0.05, 0) is 13.0 Å². The summed E-state index contributed by atoms with van der Waals surface area (Å²) in [6, 6.07) is 1.45. The van der Waals surface area contributed by atoms with Crippen LogP contribution in [-0.4, -0.2) is 11.1 Å². The molecule has 0 aliphatic carbocycles. The van der Waals surface area contributed by atoms with Crippen molar-refractivity contribution in [3.8, 4) is 0 Å². The summed E-state index contributed by atoms with van der Waals surface area (Å²) in [4.78, 5) is 0. The van der Waals surface area contributed by atoms with Crippen molar-refractivity contribution >= 4 is 0 Å². The highest BCUT2D eigenvalue weighted by Gasteiger charge is 2.12. The van der Waals surface area contributed by atoms with Crippen molar-refractivity contribution in [2.45, 2.75) is 19.1 Å². The Morgan fingerprint density at radius 2 is 2.40 bits per heavy atom. The van der Waals surface area contributed by atoms with Crippen LogP contribution in [0.1, 0.15) is 18.6 Å². The fourth-order valence-corrected chi connectivity index (χ4v) is 0.747. The highest BCUT2D eigenvalue weighted by molar-refractivity contribution is 5.10. The number of furan rings is 1. The van der Waals surface area contributed by atoms with E-state index < -0.39 is 6.10 Å². The van der Waals surface area contributed by atoms with E-state index >= 15 is 0 Å². The number of aliphatic hydroxyl groups is 1. The molecule has 3 nitrogen and oxygen atoms in total. The zero-order valence-corrected chi connectivity index (χ0v) is 5.82. The van der Waals surface area contributed by atoms with Crippen molar-refractivity contribution in [3.63, 3.8) is 0 Å². The molecule has 0 aromatic carbocycles. The van der Waals surface area contributed by atoms with Gasteiger partial charge in [0, 0.05) is 11.6 Å². The Bertz CT molecular complexity index is 181. The molecule has 1 aromatic heterocycles. The van der Waals surface area contributed by atoms with Crippen LogP contribution in [0.4, 0.5) is 0 Å². The topological polar surface area (TPSA) is 59.4 Å². The summed E-state index contributed by atoms with van der Waals surface area (Å²) in [6.45, 7) is 1.75. The van der Waals surface area contributed by atoms with E-state index in [1.54, 1.807) is 13.0 Å². The maximum atomic E-state index is 9.30. The molecule has 1 rings (SSSR count). The highest BCUT2D eigenvalue weighted by atomic mass is 16.3. The lowest BCUT2D eigenvalue weighted by Gasteiger charge is -2.10. The van der Waals surface area contributed by atoms with Gasteiger partial charge in [-0.15, -0.1) is 0 Å². The van der Waals surface area contributed by atoms with Crippen LogP contribution in [0, 0.1) is 0 Å². The molecule has 0 aliphatic heterocycles. The molecule has 0 saturated carbocycles. The van der Waals surface area contributed by atoms with E-state index in [-0.39, 0.29) is 6.04 Å². The van der Waals surface area contributed by atoms with Gasteiger partial charge in [-0.25, -0.2) is 0 Å². The van der Waals surface area contributed by atoms with Crippen molar-refractivity contribution in [2.75, 3.05) is 0 Å². The summed E-state index contributed by atoms with van der Waals surface area (Å²) in [7, 11) is 0. The maximum Gasteiger partial charge on any atom is 0.0969 e. The molecule has 3 heteroatoms. The van der Waals surface area contributed by atoms with E-state index in [0.717, 1.165) is 5.56 Å². The average molecular weight is 141 g/mol. The van der Waals surface area contributed by atoms with Crippen LogP contribution in [0.25, 0.3) is 0 Å². The predicted octanol–water partition coefficient (Wildman–Crippen LogP) is 0.660. The molecule has 3 N–H and O–H groups in total. The minimum atomic E-state index is -0.612. The van der Waals surface area contributed by atoms with E-state index in [0.29, 0.717) is 0 Å². The fourth-order valence-electron chi connectivity index (χ4n) is 0.747. The molecule has 0 fully saturated rings. The molecule has 1 heterocycles. The Hall–Kier alpha value is -0.800. The second-order valence-corrected chi connectivity index (χ2v) is 2.36. The summed E-state index contributed by atoms with van der Waals surface area (Å²) in [6.07, 6.45) is 2.40. The first kappa shape index (κ1) is 7.31. The standard InChI is InChI=1S/C7H11NO2/c1-5(8)7(9)6-2-3-10-4-6/h2-5,7,9H,8H2,1H3/t5-,7-/m1/s1. The van der Waals surface area contributed by atoms with Gasteiger partial charge in [0.15, 0.2) is 0 Å². The molecule has 0 saturated heterocycles. The lowest BCUT2D eigenvalue weighted by Crippen LogP contribution is -2.23. The fraction of sp³-hybridized carbons (Fsp3) is 0.429. The zero-order valence-electron chi connectivity index (χ0n) is 5.82. The zero-order chi connectivity index (χ0) is 7.56. The number of nitrogens with two attached hydrogens (primary N) is 1. The summed E-state index contributed by atoms with van der Waals surface area (Å²) < 4.78 is 4.77.